The van der Waals surface area contributed by atoms with Crippen molar-refractivity contribution in [3.8, 4) is 11.1 Å². The van der Waals surface area contributed by atoms with Crippen molar-refractivity contribution < 1.29 is 0 Å². The summed E-state index contributed by atoms with van der Waals surface area (Å²) in [5.74, 6) is 2.89. The fourth-order valence-corrected chi connectivity index (χ4v) is 5.83. The fraction of sp³-hybridized carbons (Fsp3) is 0.440. The highest BCUT2D eigenvalue weighted by molar-refractivity contribution is 5.92. The number of fused-ring (bicyclic) bond motifs is 4. The van der Waals surface area contributed by atoms with E-state index < -0.39 is 0 Å². The lowest BCUT2D eigenvalue weighted by molar-refractivity contribution is 0.260. The van der Waals surface area contributed by atoms with E-state index in [0.717, 1.165) is 40.5 Å². The summed E-state index contributed by atoms with van der Waals surface area (Å²) >= 11 is 0. The number of aromatic nitrogens is 4. The zero-order chi connectivity index (χ0) is 21.7. The van der Waals surface area contributed by atoms with Crippen LogP contribution in [0.15, 0.2) is 36.8 Å². The van der Waals surface area contributed by atoms with Crippen LogP contribution in [0.5, 0.6) is 0 Å². The second-order valence-corrected chi connectivity index (χ2v) is 9.59. The maximum Gasteiger partial charge on any atom is 0.245 e. The molecule has 7 nitrogen and oxygen atoms in total. The topological polar surface area (TPSA) is 75.6 Å². The van der Waals surface area contributed by atoms with E-state index in [1.54, 1.807) is 0 Å². The van der Waals surface area contributed by atoms with Crippen LogP contribution in [0, 0.1) is 0 Å². The molecule has 6 rings (SSSR count). The molecule has 7 heteroatoms. The summed E-state index contributed by atoms with van der Waals surface area (Å²) in [5, 5.41) is 6.84. The maximum atomic E-state index is 5.09. The second kappa shape index (κ2) is 7.60. The molecule has 1 fully saturated rings. The first-order chi connectivity index (χ1) is 15.6. The Morgan fingerprint density at radius 3 is 2.78 bits per heavy atom. The van der Waals surface area contributed by atoms with Gasteiger partial charge in [-0.05, 0) is 30.5 Å². The van der Waals surface area contributed by atoms with Gasteiger partial charge in [0, 0.05) is 44.2 Å². The van der Waals surface area contributed by atoms with Gasteiger partial charge >= 0.3 is 0 Å². The first-order valence-corrected chi connectivity index (χ1v) is 11.8. The Hall–Kier alpha value is -2.90. The number of quaternary nitrogens is 1. The Labute approximate surface area is 188 Å². The van der Waals surface area contributed by atoms with Crippen molar-refractivity contribution in [2.24, 2.45) is 0 Å². The maximum absolute atomic E-state index is 5.09. The molecule has 0 radical (unpaired) electrons. The number of hydrogen-bond acceptors (Lipinski definition) is 6. The first-order valence-electron chi connectivity index (χ1n) is 11.8. The molecule has 0 amide bonds. The highest BCUT2D eigenvalue weighted by Crippen LogP contribution is 2.53. The third-order valence-corrected chi connectivity index (χ3v) is 7.59. The molecular weight excluding hydrogens is 398 g/mol. The van der Waals surface area contributed by atoms with Crippen molar-refractivity contribution in [1.29, 1.82) is 0 Å². The highest BCUT2D eigenvalue weighted by atomic mass is 15.4. The quantitative estimate of drug-likeness (QED) is 0.584. The van der Waals surface area contributed by atoms with E-state index >= 15 is 0 Å². The largest absolute Gasteiger partial charge is 0.312 e. The molecule has 0 aromatic carbocycles. The van der Waals surface area contributed by atoms with E-state index in [2.05, 4.69) is 46.7 Å². The average molecular weight is 429 g/mol. The molecule has 164 valence electrons. The van der Waals surface area contributed by atoms with Gasteiger partial charge in [-0.15, -0.1) is 0 Å². The lowest BCUT2D eigenvalue weighted by Gasteiger charge is -2.39. The fourth-order valence-electron chi connectivity index (χ4n) is 5.83. The summed E-state index contributed by atoms with van der Waals surface area (Å²) in [4.78, 5) is 19.1. The normalized spacial score (nSPS) is 24.5. The van der Waals surface area contributed by atoms with Crippen molar-refractivity contribution in [2.75, 3.05) is 18.9 Å². The summed E-state index contributed by atoms with van der Waals surface area (Å²) in [6.45, 7) is 4.06. The van der Waals surface area contributed by atoms with Gasteiger partial charge in [-0.3, -0.25) is 4.98 Å². The summed E-state index contributed by atoms with van der Waals surface area (Å²) in [7, 11) is 2.31. The zero-order valence-electron chi connectivity index (χ0n) is 18.8. The lowest BCUT2D eigenvalue weighted by Crippen LogP contribution is -2.49. The van der Waals surface area contributed by atoms with Crippen LogP contribution in [0.25, 0.3) is 11.1 Å². The molecule has 2 N–H and O–H groups in total. The molecule has 5 heterocycles. The number of nitrogens with one attached hydrogen (secondary N) is 2. The number of rotatable bonds is 3. The van der Waals surface area contributed by atoms with Gasteiger partial charge in [-0.25, -0.2) is 14.5 Å². The van der Waals surface area contributed by atoms with Crippen molar-refractivity contribution >= 4 is 23.3 Å². The Bertz CT molecular complexity index is 1170. The summed E-state index contributed by atoms with van der Waals surface area (Å²) in [6.07, 6.45) is 12.2. The average Bonchev–Trinajstić information content (AvgIpc) is 3.09. The van der Waals surface area contributed by atoms with Crippen molar-refractivity contribution in [1.82, 2.24) is 29.7 Å². The molecule has 3 aromatic rings. The van der Waals surface area contributed by atoms with Gasteiger partial charge in [0.05, 0.1) is 36.1 Å². The molecule has 32 heavy (non-hydrogen) atoms. The van der Waals surface area contributed by atoms with E-state index in [1.807, 2.05) is 24.7 Å². The molecule has 1 aliphatic carbocycles. The number of hydrogen-bond donors (Lipinski definition) is 2. The van der Waals surface area contributed by atoms with Gasteiger partial charge in [0.15, 0.2) is 5.69 Å². The standard InChI is InChI=1S/C25H30N7/c1-16-12-27-13-17-8-9-22(29-23(16)17)30-25-28-14-20-19-10-11-26-15-21(19)32(2,24(20)31-25)18-6-4-3-5-7-18/h8-11,14-16,18,27H,3-7,12-13H2,1-2H3,(H,28,29,30,31)/q+1. The first kappa shape index (κ1) is 19.8. The molecule has 2 atom stereocenters. The van der Waals surface area contributed by atoms with Crippen LogP contribution in [-0.4, -0.2) is 39.6 Å². The van der Waals surface area contributed by atoms with Gasteiger partial charge in [0.25, 0.3) is 0 Å². The number of anilines is 2. The van der Waals surface area contributed by atoms with Crippen LogP contribution < -0.4 is 15.1 Å². The third-order valence-electron chi connectivity index (χ3n) is 7.59. The highest BCUT2D eigenvalue weighted by Gasteiger charge is 2.48. The minimum Gasteiger partial charge on any atom is -0.312 e. The van der Waals surface area contributed by atoms with Gasteiger partial charge in [0.1, 0.15) is 5.82 Å². The summed E-state index contributed by atoms with van der Waals surface area (Å²) < 4.78 is 0.718. The summed E-state index contributed by atoms with van der Waals surface area (Å²) in [6, 6.07) is 6.82. The van der Waals surface area contributed by atoms with E-state index in [0.29, 0.717) is 17.9 Å². The molecular formula is C25H30N7+. The molecule has 0 saturated heterocycles. The number of nitrogens with zero attached hydrogens (tertiary/aromatic N) is 5. The monoisotopic (exact) mass is 428 g/mol. The molecule has 3 aromatic heterocycles. The Kier molecular flexibility index (Phi) is 4.69. The van der Waals surface area contributed by atoms with Gasteiger partial charge in [0.2, 0.25) is 11.8 Å². The van der Waals surface area contributed by atoms with Crippen molar-refractivity contribution in [2.45, 2.75) is 57.5 Å². The Morgan fingerprint density at radius 2 is 1.91 bits per heavy atom. The van der Waals surface area contributed by atoms with Gasteiger partial charge < -0.3 is 10.6 Å². The summed E-state index contributed by atoms with van der Waals surface area (Å²) in [5.41, 5.74) is 6.01. The minimum atomic E-state index is 0.398. The lowest BCUT2D eigenvalue weighted by atomic mass is 9.92. The minimum absolute atomic E-state index is 0.398. The van der Waals surface area contributed by atoms with Crippen LogP contribution in [0.1, 0.15) is 56.2 Å². The Balaban J connectivity index is 1.39. The van der Waals surface area contributed by atoms with Crippen molar-refractivity contribution in [3.63, 3.8) is 0 Å². The molecule has 2 unspecified atom stereocenters. The zero-order valence-corrected chi connectivity index (χ0v) is 18.8. The molecule has 3 aliphatic rings. The van der Waals surface area contributed by atoms with Crippen LogP contribution in [0.2, 0.25) is 0 Å². The van der Waals surface area contributed by atoms with Crippen LogP contribution in [-0.2, 0) is 6.54 Å². The third kappa shape index (κ3) is 3.03. The number of pyridine rings is 2. The van der Waals surface area contributed by atoms with E-state index in [1.165, 1.54) is 48.9 Å². The van der Waals surface area contributed by atoms with E-state index in [9.17, 15) is 0 Å². The van der Waals surface area contributed by atoms with Crippen LogP contribution in [0.4, 0.5) is 23.3 Å². The predicted molar refractivity (Wildman–Crippen MR) is 127 cm³/mol. The van der Waals surface area contributed by atoms with Crippen LogP contribution >= 0.6 is 0 Å². The molecule has 1 saturated carbocycles. The van der Waals surface area contributed by atoms with Crippen molar-refractivity contribution in [3.05, 3.63) is 48.0 Å². The second-order valence-electron chi connectivity index (χ2n) is 9.59. The van der Waals surface area contributed by atoms with E-state index in [4.69, 9.17) is 9.97 Å². The SMILES string of the molecule is CC1CNCc2ccc(Nc3ncc4c(n3)[N+](C)(C3CCCCC3)c3cnccc3-4)nc21. The Morgan fingerprint density at radius 1 is 1.03 bits per heavy atom. The molecule has 0 bridgehead atoms. The van der Waals surface area contributed by atoms with E-state index in [-0.39, 0.29) is 0 Å². The predicted octanol–water partition coefficient (Wildman–Crippen LogP) is 4.80. The van der Waals surface area contributed by atoms with Gasteiger partial charge in [-0.2, -0.15) is 4.98 Å². The molecule has 2 aliphatic heterocycles. The van der Waals surface area contributed by atoms with Crippen LogP contribution in [0.3, 0.4) is 0 Å². The van der Waals surface area contributed by atoms with Gasteiger partial charge in [-0.1, -0.05) is 19.4 Å². The molecule has 0 spiro atoms. The smallest absolute Gasteiger partial charge is 0.245 e.